The third kappa shape index (κ3) is 4.64. The van der Waals surface area contributed by atoms with E-state index in [1.54, 1.807) is 18.3 Å². The number of nitrogens with zero attached hydrogens (tertiary/aromatic N) is 2. The molecule has 0 aliphatic heterocycles. The molecule has 2 aromatic heterocycles. The Morgan fingerprint density at radius 1 is 1.16 bits per heavy atom. The van der Waals surface area contributed by atoms with E-state index in [0.717, 1.165) is 15.5 Å². The van der Waals surface area contributed by atoms with Gasteiger partial charge in [0.05, 0.1) is 15.3 Å². The molecule has 0 aliphatic carbocycles. The van der Waals surface area contributed by atoms with Gasteiger partial charge in [-0.05, 0) is 43.4 Å². The van der Waals surface area contributed by atoms with Gasteiger partial charge in [0.25, 0.3) is 5.91 Å². The number of fused-ring (bicyclic) bond motifs is 3. The standard InChI is InChI=1S/C20H20N6O3S2/c1-22-7-8-23-19(27)17-10-15-16(30-17)6-5-12-11-24-20(26-18(12)15)25-13-3-2-4-14(9-13)31(21,28)29/h2-6,9-11,22H,7-8H2,1H3,(H,23,27)(H2,21,28,29)(H,24,25,26). The van der Waals surface area contributed by atoms with Crippen molar-refractivity contribution in [2.75, 3.05) is 25.5 Å². The number of nitrogens with one attached hydrogen (secondary N) is 3. The largest absolute Gasteiger partial charge is 0.350 e. The van der Waals surface area contributed by atoms with Crippen molar-refractivity contribution in [2.45, 2.75) is 4.90 Å². The molecule has 0 fully saturated rings. The highest BCUT2D eigenvalue weighted by Crippen LogP contribution is 2.31. The van der Waals surface area contributed by atoms with Gasteiger partial charge in [0.15, 0.2) is 0 Å². The van der Waals surface area contributed by atoms with Crippen LogP contribution in [0.1, 0.15) is 9.67 Å². The van der Waals surface area contributed by atoms with Crippen LogP contribution in [0.3, 0.4) is 0 Å². The van der Waals surface area contributed by atoms with Crippen molar-refractivity contribution in [3.05, 3.63) is 53.5 Å². The molecule has 0 saturated carbocycles. The number of thiophene rings is 1. The predicted molar refractivity (Wildman–Crippen MR) is 122 cm³/mol. The number of carbonyl (C=O) groups is 1. The third-order valence-corrected chi connectivity index (χ3v) is 6.56. The maximum Gasteiger partial charge on any atom is 0.261 e. The molecule has 0 radical (unpaired) electrons. The second-order valence-electron chi connectivity index (χ2n) is 6.78. The number of hydrogen-bond acceptors (Lipinski definition) is 8. The van der Waals surface area contributed by atoms with Gasteiger partial charge in [0, 0.05) is 40.4 Å². The molecule has 160 valence electrons. The summed E-state index contributed by atoms with van der Waals surface area (Å²) in [5.41, 5.74) is 1.19. The number of sulfonamides is 1. The van der Waals surface area contributed by atoms with Crippen molar-refractivity contribution >= 4 is 59.9 Å². The van der Waals surface area contributed by atoms with Crippen LogP contribution in [0, 0.1) is 0 Å². The van der Waals surface area contributed by atoms with E-state index in [2.05, 4.69) is 25.9 Å². The van der Waals surface area contributed by atoms with Crippen LogP contribution in [-0.4, -0.2) is 44.4 Å². The molecule has 0 aliphatic rings. The SMILES string of the molecule is CNCCNC(=O)c1cc2c(ccc3cnc(Nc4cccc(S(N)(=O)=O)c4)nc32)s1. The summed E-state index contributed by atoms with van der Waals surface area (Å²) in [5.74, 6) is 0.176. The highest BCUT2D eigenvalue weighted by Gasteiger charge is 2.14. The van der Waals surface area contributed by atoms with Crippen LogP contribution in [0.4, 0.5) is 11.6 Å². The van der Waals surface area contributed by atoms with Crippen LogP contribution in [0.15, 0.2) is 53.6 Å². The number of anilines is 2. The number of carbonyl (C=O) groups excluding carboxylic acids is 1. The topological polar surface area (TPSA) is 139 Å². The first-order valence-electron chi connectivity index (χ1n) is 9.37. The van der Waals surface area contributed by atoms with E-state index in [1.165, 1.54) is 23.5 Å². The Hall–Kier alpha value is -3.12. The molecule has 11 heteroatoms. The highest BCUT2D eigenvalue weighted by atomic mass is 32.2. The zero-order valence-corrected chi connectivity index (χ0v) is 18.2. The number of nitrogens with two attached hydrogens (primary N) is 1. The summed E-state index contributed by atoms with van der Waals surface area (Å²) in [6.45, 7) is 1.23. The fourth-order valence-corrected chi connectivity index (χ4v) is 4.59. The van der Waals surface area contributed by atoms with Gasteiger partial charge in [-0.3, -0.25) is 4.79 Å². The molecule has 0 saturated heterocycles. The minimum absolute atomic E-state index is 0.00700. The molecule has 0 atom stereocenters. The van der Waals surface area contributed by atoms with E-state index in [1.807, 2.05) is 25.2 Å². The van der Waals surface area contributed by atoms with Crippen LogP contribution in [0.5, 0.6) is 0 Å². The lowest BCUT2D eigenvalue weighted by atomic mass is 10.2. The van der Waals surface area contributed by atoms with Crippen LogP contribution in [0.25, 0.3) is 21.0 Å². The summed E-state index contributed by atoms with van der Waals surface area (Å²) < 4.78 is 24.1. The normalized spacial score (nSPS) is 11.7. The molecule has 2 heterocycles. The number of likely N-dealkylation sites (N-methyl/N-ethyl adjacent to an activating group) is 1. The van der Waals surface area contributed by atoms with Gasteiger partial charge in [-0.2, -0.15) is 0 Å². The quantitative estimate of drug-likeness (QED) is 0.313. The summed E-state index contributed by atoms with van der Waals surface area (Å²) >= 11 is 1.40. The molecule has 5 N–H and O–H groups in total. The molecular weight excluding hydrogens is 436 g/mol. The highest BCUT2D eigenvalue weighted by molar-refractivity contribution is 7.89. The fourth-order valence-electron chi connectivity index (χ4n) is 3.05. The Morgan fingerprint density at radius 3 is 2.77 bits per heavy atom. The second kappa shape index (κ2) is 8.55. The molecular formula is C20H20N6O3S2. The Kier molecular flexibility index (Phi) is 5.83. The van der Waals surface area contributed by atoms with E-state index in [-0.39, 0.29) is 10.8 Å². The minimum Gasteiger partial charge on any atom is -0.350 e. The number of aromatic nitrogens is 2. The zero-order valence-electron chi connectivity index (χ0n) is 16.5. The molecule has 2 aromatic carbocycles. The van der Waals surface area contributed by atoms with Crippen molar-refractivity contribution in [2.24, 2.45) is 5.14 Å². The van der Waals surface area contributed by atoms with Crippen molar-refractivity contribution in [1.29, 1.82) is 0 Å². The summed E-state index contributed by atoms with van der Waals surface area (Å²) in [5, 5.41) is 15.8. The molecule has 9 nitrogen and oxygen atoms in total. The minimum atomic E-state index is -3.82. The Balaban J connectivity index is 1.68. The smallest absolute Gasteiger partial charge is 0.261 e. The lowest BCUT2D eigenvalue weighted by Crippen LogP contribution is -2.29. The van der Waals surface area contributed by atoms with Crippen molar-refractivity contribution < 1.29 is 13.2 Å². The van der Waals surface area contributed by atoms with E-state index in [0.29, 0.717) is 35.1 Å². The van der Waals surface area contributed by atoms with Gasteiger partial charge in [-0.15, -0.1) is 11.3 Å². The maximum absolute atomic E-state index is 12.4. The van der Waals surface area contributed by atoms with Crippen LogP contribution in [-0.2, 0) is 10.0 Å². The average Bonchev–Trinajstić information content (AvgIpc) is 3.18. The first-order chi connectivity index (χ1) is 14.8. The average molecular weight is 457 g/mol. The molecule has 31 heavy (non-hydrogen) atoms. The Bertz CT molecular complexity index is 1380. The Morgan fingerprint density at radius 2 is 2.00 bits per heavy atom. The molecule has 4 rings (SSSR count). The van der Waals surface area contributed by atoms with Crippen LogP contribution >= 0.6 is 11.3 Å². The van der Waals surface area contributed by atoms with Crippen molar-refractivity contribution in [3.63, 3.8) is 0 Å². The molecule has 0 bridgehead atoms. The van der Waals surface area contributed by atoms with Gasteiger partial charge in [0.1, 0.15) is 0 Å². The fraction of sp³-hybridized carbons (Fsp3) is 0.150. The monoisotopic (exact) mass is 456 g/mol. The maximum atomic E-state index is 12.4. The molecule has 4 aromatic rings. The number of amides is 1. The summed E-state index contributed by atoms with van der Waals surface area (Å²) in [4.78, 5) is 21.9. The molecule has 0 unspecified atom stereocenters. The number of primary sulfonamides is 1. The third-order valence-electron chi connectivity index (χ3n) is 4.55. The van der Waals surface area contributed by atoms with Gasteiger partial charge >= 0.3 is 0 Å². The first kappa shape index (κ1) is 21.1. The zero-order chi connectivity index (χ0) is 22.0. The summed E-state index contributed by atoms with van der Waals surface area (Å²) in [7, 11) is -1.99. The summed E-state index contributed by atoms with van der Waals surface area (Å²) in [6, 6.07) is 11.8. The predicted octanol–water partition coefficient (Wildman–Crippen LogP) is 2.18. The van der Waals surface area contributed by atoms with E-state index < -0.39 is 10.0 Å². The Labute approximate surface area is 182 Å². The van der Waals surface area contributed by atoms with Gasteiger partial charge < -0.3 is 16.0 Å². The van der Waals surface area contributed by atoms with Gasteiger partial charge in [-0.25, -0.2) is 23.5 Å². The van der Waals surface area contributed by atoms with Gasteiger partial charge in [0.2, 0.25) is 16.0 Å². The van der Waals surface area contributed by atoms with Crippen LogP contribution in [0.2, 0.25) is 0 Å². The van der Waals surface area contributed by atoms with E-state index >= 15 is 0 Å². The second-order valence-corrected chi connectivity index (χ2v) is 9.42. The number of hydrogen-bond donors (Lipinski definition) is 4. The molecule has 0 spiro atoms. The van der Waals surface area contributed by atoms with E-state index in [9.17, 15) is 13.2 Å². The summed E-state index contributed by atoms with van der Waals surface area (Å²) in [6.07, 6.45) is 1.68. The lowest BCUT2D eigenvalue weighted by Gasteiger charge is -2.07. The lowest BCUT2D eigenvalue weighted by molar-refractivity contribution is 0.0958. The van der Waals surface area contributed by atoms with E-state index in [4.69, 9.17) is 5.14 Å². The van der Waals surface area contributed by atoms with Crippen molar-refractivity contribution in [3.8, 4) is 0 Å². The number of rotatable bonds is 7. The molecule has 1 amide bonds. The van der Waals surface area contributed by atoms with Crippen molar-refractivity contribution in [1.82, 2.24) is 20.6 Å². The van der Waals surface area contributed by atoms with Gasteiger partial charge in [-0.1, -0.05) is 6.07 Å². The number of benzene rings is 2. The van der Waals surface area contributed by atoms with Crippen LogP contribution < -0.4 is 21.1 Å². The first-order valence-corrected chi connectivity index (χ1v) is 11.7.